The second-order valence-corrected chi connectivity index (χ2v) is 4.51. The number of hydrogen-bond acceptors (Lipinski definition) is 1. The third-order valence-corrected chi connectivity index (χ3v) is 3.61. The molecule has 1 heterocycles. The monoisotopic (exact) mass is 198 g/mol. The number of rotatable bonds is 0. The molecular formula is C13H10S. The van der Waals surface area contributed by atoms with Crippen LogP contribution in [-0.2, 0) is 0 Å². The molecule has 0 saturated heterocycles. The van der Waals surface area contributed by atoms with Crippen LogP contribution < -0.4 is 10.4 Å². The van der Waals surface area contributed by atoms with Gasteiger partial charge in [0.25, 0.3) is 0 Å². The van der Waals surface area contributed by atoms with Crippen molar-refractivity contribution >= 4 is 23.4 Å². The zero-order valence-electron chi connectivity index (χ0n) is 7.68. The molecule has 0 spiro atoms. The predicted octanol–water partition coefficient (Wildman–Crippen LogP) is 1.82. The van der Waals surface area contributed by atoms with Gasteiger partial charge in [-0.3, -0.25) is 0 Å². The van der Waals surface area contributed by atoms with Gasteiger partial charge in [-0.15, -0.1) is 11.8 Å². The summed E-state index contributed by atoms with van der Waals surface area (Å²) in [5, 5.41) is 5.42. The molecule has 0 saturated carbocycles. The minimum absolute atomic E-state index is 0.523. The van der Waals surface area contributed by atoms with Crippen LogP contribution in [0.25, 0.3) is 11.6 Å². The molecule has 1 heteroatoms. The van der Waals surface area contributed by atoms with Gasteiger partial charge in [-0.25, -0.2) is 0 Å². The molecule has 0 fully saturated rings. The summed E-state index contributed by atoms with van der Waals surface area (Å²) in [7, 11) is 0. The highest BCUT2D eigenvalue weighted by molar-refractivity contribution is 8.03. The second kappa shape index (κ2) is 3.18. The third-order valence-electron chi connectivity index (χ3n) is 2.61. The summed E-state index contributed by atoms with van der Waals surface area (Å²) >= 11 is 1.88. The van der Waals surface area contributed by atoms with Gasteiger partial charge >= 0.3 is 0 Å². The van der Waals surface area contributed by atoms with Gasteiger partial charge in [-0.05, 0) is 21.4 Å². The van der Waals surface area contributed by atoms with E-state index in [1.54, 1.807) is 0 Å². The van der Waals surface area contributed by atoms with Crippen molar-refractivity contribution in [2.45, 2.75) is 5.25 Å². The minimum atomic E-state index is 0.523. The van der Waals surface area contributed by atoms with Crippen molar-refractivity contribution in [3.63, 3.8) is 0 Å². The average Bonchev–Trinajstić information content (AvgIpc) is 2.61. The lowest BCUT2D eigenvalue weighted by Gasteiger charge is -2.03. The summed E-state index contributed by atoms with van der Waals surface area (Å²) in [6.07, 6.45) is 8.85. The largest absolute Gasteiger partial charge is 0.122 e. The lowest BCUT2D eigenvalue weighted by molar-refractivity contribution is 1.42. The average molecular weight is 198 g/mol. The van der Waals surface area contributed by atoms with E-state index in [1.807, 2.05) is 11.8 Å². The van der Waals surface area contributed by atoms with Gasteiger partial charge in [0.15, 0.2) is 0 Å². The van der Waals surface area contributed by atoms with E-state index >= 15 is 0 Å². The van der Waals surface area contributed by atoms with Gasteiger partial charge in [0.2, 0.25) is 0 Å². The highest BCUT2D eigenvalue weighted by Crippen LogP contribution is 2.30. The fourth-order valence-corrected chi connectivity index (χ4v) is 2.85. The first-order valence-electron chi connectivity index (χ1n) is 4.75. The van der Waals surface area contributed by atoms with E-state index in [1.165, 1.54) is 16.0 Å². The van der Waals surface area contributed by atoms with Crippen LogP contribution in [0.15, 0.2) is 47.9 Å². The van der Waals surface area contributed by atoms with Crippen molar-refractivity contribution in [2.24, 2.45) is 0 Å². The lowest BCUT2D eigenvalue weighted by atomic mass is 10.1. The Labute approximate surface area is 87.3 Å². The van der Waals surface area contributed by atoms with Crippen molar-refractivity contribution in [2.75, 3.05) is 0 Å². The van der Waals surface area contributed by atoms with Gasteiger partial charge in [0, 0.05) is 0 Å². The van der Waals surface area contributed by atoms with Crippen molar-refractivity contribution in [3.05, 3.63) is 58.3 Å². The maximum absolute atomic E-state index is 2.26. The number of fused-ring (bicyclic) bond motifs is 2. The zero-order chi connectivity index (χ0) is 9.38. The molecule has 0 amide bonds. The molecule has 0 radical (unpaired) electrons. The van der Waals surface area contributed by atoms with E-state index in [4.69, 9.17) is 0 Å². The van der Waals surface area contributed by atoms with Crippen molar-refractivity contribution in [1.82, 2.24) is 0 Å². The van der Waals surface area contributed by atoms with E-state index in [2.05, 4.69) is 54.0 Å². The fourth-order valence-electron chi connectivity index (χ4n) is 1.92. The van der Waals surface area contributed by atoms with E-state index < -0.39 is 0 Å². The van der Waals surface area contributed by atoms with Crippen molar-refractivity contribution in [1.29, 1.82) is 0 Å². The quantitative estimate of drug-likeness (QED) is 0.613. The Bertz CT molecular complexity index is 535. The molecule has 0 N–H and O–H groups in total. The molecule has 68 valence electrons. The van der Waals surface area contributed by atoms with Crippen LogP contribution in [0.3, 0.4) is 0 Å². The number of hydrogen-bond donors (Lipinski definition) is 0. The van der Waals surface area contributed by atoms with Crippen LogP contribution in [0.4, 0.5) is 0 Å². The molecule has 0 bridgehead atoms. The SMILES string of the molecule is C1=CC2SC=CC2=c2ccccc2=C1. The van der Waals surface area contributed by atoms with Crippen LogP contribution in [0.5, 0.6) is 0 Å². The van der Waals surface area contributed by atoms with Crippen molar-refractivity contribution in [3.8, 4) is 0 Å². The predicted molar refractivity (Wildman–Crippen MR) is 63.2 cm³/mol. The molecule has 0 aromatic heterocycles. The molecule has 14 heavy (non-hydrogen) atoms. The number of allylic oxidation sites excluding steroid dienone is 2. The van der Waals surface area contributed by atoms with Crippen LogP contribution in [-0.4, -0.2) is 5.25 Å². The highest BCUT2D eigenvalue weighted by atomic mass is 32.2. The molecule has 3 rings (SSSR count). The molecule has 1 aliphatic carbocycles. The molecule has 0 nitrogen and oxygen atoms in total. The van der Waals surface area contributed by atoms with Crippen LogP contribution in [0.1, 0.15) is 0 Å². The summed E-state index contributed by atoms with van der Waals surface area (Å²) < 4.78 is 0. The first kappa shape index (κ1) is 8.13. The molecule has 1 unspecified atom stereocenters. The Morgan fingerprint density at radius 3 is 3.07 bits per heavy atom. The maximum Gasteiger partial charge on any atom is 0.0527 e. The van der Waals surface area contributed by atoms with E-state index in [0.717, 1.165) is 0 Å². The third kappa shape index (κ3) is 1.17. The van der Waals surface area contributed by atoms with Crippen LogP contribution in [0.2, 0.25) is 0 Å². The fraction of sp³-hybridized carbons (Fsp3) is 0.0769. The van der Waals surface area contributed by atoms with Crippen molar-refractivity contribution < 1.29 is 0 Å². The number of benzene rings is 1. The van der Waals surface area contributed by atoms with Gasteiger partial charge in [0.05, 0.1) is 5.25 Å². The highest BCUT2D eigenvalue weighted by Gasteiger charge is 2.15. The maximum atomic E-state index is 2.26. The first-order valence-corrected chi connectivity index (χ1v) is 5.69. The summed E-state index contributed by atoms with van der Waals surface area (Å²) in [5.41, 5.74) is 1.44. The summed E-state index contributed by atoms with van der Waals surface area (Å²) in [5.74, 6) is 0. The van der Waals surface area contributed by atoms with Gasteiger partial charge < -0.3 is 0 Å². The van der Waals surface area contributed by atoms with Crippen LogP contribution >= 0.6 is 11.8 Å². The van der Waals surface area contributed by atoms with Gasteiger partial charge in [-0.1, -0.05) is 48.6 Å². The van der Waals surface area contributed by atoms with E-state index in [9.17, 15) is 0 Å². The van der Waals surface area contributed by atoms with Gasteiger partial charge in [0.1, 0.15) is 0 Å². The Morgan fingerprint density at radius 2 is 2.07 bits per heavy atom. The second-order valence-electron chi connectivity index (χ2n) is 3.45. The molecule has 1 atom stereocenters. The minimum Gasteiger partial charge on any atom is -0.122 e. The summed E-state index contributed by atoms with van der Waals surface area (Å²) in [6.45, 7) is 0. The zero-order valence-corrected chi connectivity index (χ0v) is 8.50. The summed E-state index contributed by atoms with van der Waals surface area (Å²) in [4.78, 5) is 0. The van der Waals surface area contributed by atoms with Crippen LogP contribution in [0, 0.1) is 0 Å². The normalized spacial score (nSPS) is 22.6. The molecule has 1 aromatic rings. The molecule has 1 aliphatic heterocycles. The van der Waals surface area contributed by atoms with E-state index in [0.29, 0.717) is 5.25 Å². The van der Waals surface area contributed by atoms with Gasteiger partial charge in [-0.2, -0.15) is 0 Å². The Balaban J connectivity index is 2.46. The lowest BCUT2D eigenvalue weighted by Crippen LogP contribution is -2.26. The molecule has 1 aromatic carbocycles. The standard InChI is InChI=1S/C13H10S/c1-2-6-11-10(4-1)5-3-7-13-12(11)8-9-14-13/h1-9,13H. The first-order chi connectivity index (χ1) is 6.95. The van der Waals surface area contributed by atoms with E-state index in [-0.39, 0.29) is 0 Å². The summed E-state index contributed by atoms with van der Waals surface area (Å²) in [6, 6.07) is 8.58. The molecular weight excluding hydrogens is 188 g/mol. The Kier molecular flexibility index (Phi) is 1.84. The Morgan fingerprint density at radius 1 is 1.14 bits per heavy atom. The number of thioether (sulfide) groups is 1. The topological polar surface area (TPSA) is 0 Å². The Hall–Kier alpha value is -1.21. The molecule has 2 aliphatic rings. The smallest absolute Gasteiger partial charge is 0.0527 e.